The van der Waals surface area contributed by atoms with E-state index in [1.165, 1.54) is 12.1 Å². The van der Waals surface area contributed by atoms with Crippen LogP contribution >= 0.6 is 0 Å². The minimum atomic E-state index is -0.940. The third-order valence-corrected chi connectivity index (χ3v) is 2.25. The fourth-order valence-corrected chi connectivity index (χ4v) is 1.52. The van der Waals surface area contributed by atoms with Crippen LogP contribution < -0.4 is 0 Å². The highest BCUT2D eigenvalue weighted by Crippen LogP contribution is 2.25. The second kappa shape index (κ2) is 5.68. The second-order valence-corrected chi connectivity index (χ2v) is 4.95. The highest BCUT2D eigenvalue weighted by molar-refractivity contribution is 6.06. The van der Waals surface area contributed by atoms with E-state index in [0.717, 1.165) is 13.2 Å². The van der Waals surface area contributed by atoms with E-state index in [1.54, 1.807) is 20.8 Å². The van der Waals surface area contributed by atoms with Crippen LogP contribution in [0.3, 0.4) is 0 Å². The number of hydrogen-bond donors (Lipinski definition) is 0. The maximum Gasteiger partial charge on any atom is 0.346 e. The molecule has 0 fully saturated rings. The quantitative estimate of drug-likeness (QED) is 0.479. The van der Waals surface area contributed by atoms with Crippen molar-refractivity contribution < 1.29 is 24.0 Å². The average molecular weight is 281 g/mol. The van der Waals surface area contributed by atoms with Gasteiger partial charge in [-0.2, -0.15) is 0 Å². The van der Waals surface area contributed by atoms with E-state index in [4.69, 9.17) is 4.74 Å². The van der Waals surface area contributed by atoms with Gasteiger partial charge in [0.2, 0.25) is 0 Å². The zero-order valence-corrected chi connectivity index (χ0v) is 11.6. The van der Waals surface area contributed by atoms with Crippen LogP contribution in [0.4, 0.5) is 5.69 Å². The van der Waals surface area contributed by atoms with Crippen LogP contribution in [0, 0.1) is 10.1 Å². The van der Waals surface area contributed by atoms with Crippen molar-refractivity contribution in [2.24, 2.45) is 0 Å². The standard InChI is InChI=1S/C13H15NO6/c1-13(2,3)20-12(16)10-8(11(15)19-4)6-5-7-9(10)14(17)18/h5-7H,1-4H3. The Hall–Kier alpha value is -2.44. The molecule has 0 N–H and O–H groups in total. The molecule has 108 valence electrons. The minimum Gasteiger partial charge on any atom is -0.465 e. The molecule has 20 heavy (non-hydrogen) atoms. The Bertz CT molecular complexity index is 558. The number of ether oxygens (including phenoxy) is 2. The Kier molecular flexibility index (Phi) is 4.44. The Labute approximate surface area is 115 Å². The van der Waals surface area contributed by atoms with Crippen molar-refractivity contribution in [3.8, 4) is 0 Å². The molecule has 0 saturated heterocycles. The first-order valence-electron chi connectivity index (χ1n) is 5.76. The number of hydrogen-bond acceptors (Lipinski definition) is 6. The van der Waals surface area contributed by atoms with Gasteiger partial charge in [0, 0.05) is 6.07 Å². The number of benzene rings is 1. The highest BCUT2D eigenvalue weighted by atomic mass is 16.6. The number of esters is 2. The van der Waals surface area contributed by atoms with Gasteiger partial charge in [0.05, 0.1) is 17.6 Å². The van der Waals surface area contributed by atoms with Gasteiger partial charge in [-0.1, -0.05) is 6.07 Å². The predicted octanol–water partition coefficient (Wildman–Crippen LogP) is 2.34. The van der Waals surface area contributed by atoms with Crippen molar-refractivity contribution in [3.05, 3.63) is 39.4 Å². The van der Waals surface area contributed by atoms with E-state index in [0.29, 0.717) is 0 Å². The van der Waals surface area contributed by atoms with Crippen molar-refractivity contribution >= 4 is 17.6 Å². The maximum absolute atomic E-state index is 12.1. The summed E-state index contributed by atoms with van der Waals surface area (Å²) >= 11 is 0. The molecule has 0 amide bonds. The molecule has 0 aromatic heterocycles. The molecular weight excluding hydrogens is 266 g/mol. The molecule has 0 bridgehead atoms. The lowest BCUT2D eigenvalue weighted by molar-refractivity contribution is -0.385. The summed E-state index contributed by atoms with van der Waals surface area (Å²) in [5.41, 5.74) is -1.94. The summed E-state index contributed by atoms with van der Waals surface area (Å²) in [7, 11) is 1.13. The van der Waals surface area contributed by atoms with E-state index >= 15 is 0 Å². The fourth-order valence-electron chi connectivity index (χ4n) is 1.52. The summed E-state index contributed by atoms with van der Waals surface area (Å²) in [6, 6.07) is 3.71. The van der Waals surface area contributed by atoms with Crippen LogP contribution in [-0.4, -0.2) is 29.6 Å². The van der Waals surface area contributed by atoms with Crippen LogP contribution in [0.15, 0.2) is 18.2 Å². The van der Waals surface area contributed by atoms with Gasteiger partial charge >= 0.3 is 11.9 Å². The van der Waals surface area contributed by atoms with Gasteiger partial charge in [0.25, 0.3) is 5.69 Å². The van der Waals surface area contributed by atoms with Gasteiger partial charge in [-0.15, -0.1) is 0 Å². The highest BCUT2D eigenvalue weighted by Gasteiger charge is 2.31. The average Bonchev–Trinajstić information content (AvgIpc) is 2.34. The summed E-state index contributed by atoms with van der Waals surface area (Å²) in [5, 5.41) is 11.0. The van der Waals surface area contributed by atoms with Crippen molar-refractivity contribution in [2.75, 3.05) is 7.11 Å². The molecule has 0 aliphatic rings. The maximum atomic E-state index is 12.1. The van der Waals surface area contributed by atoms with Crippen molar-refractivity contribution in [1.29, 1.82) is 0 Å². The summed E-state index contributed by atoms with van der Waals surface area (Å²) in [6.07, 6.45) is 0. The molecule has 1 aromatic carbocycles. The third kappa shape index (κ3) is 3.53. The SMILES string of the molecule is COC(=O)c1cccc([N+](=O)[O-])c1C(=O)OC(C)(C)C. The number of nitrogens with zero attached hydrogens (tertiary/aromatic N) is 1. The molecule has 7 nitrogen and oxygen atoms in total. The first kappa shape index (κ1) is 15.6. The van der Waals surface area contributed by atoms with Gasteiger partial charge in [0.1, 0.15) is 5.60 Å². The van der Waals surface area contributed by atoms with E-state index < -0.39 is 33.7 Å². The molecule has 0 atom stereocenters. The van der Waals surface area contributed by atoms with Crippen LogP contribution in [0.5, 0.6) is 0 Å². The number of methoxy groups -OCH3 is 1. The fraction of sp³-hybridized carbons (Fsp3) is 0.385. The Morgan fingerprint density at radius 2 is 1.80 bits per heavy atom. The molecule has 0 heterocycles. The third-order valence-electron chi connectivity index (χ3n) is 2.25. The number of nitro benzene ring substituents is 1. The van der Waals surface area contributed by atoms with Crippen molar-refractivity contribution in [2.45, 2.75) is 26.4 Å². The lowest BCUT2D eigenvalue weighted by Crippen LogP contribution is -2.26. The van der Waals surface area contributed by atoms with E-state index in [-0.39, 0.29) is 5.56 Å². The van der Waals surface area contributed by atoms with Crippen molar-refractivity contribution in [1.82, 2.24) is 0 Å². The topological polar surface area (TPSA) is 95.7 Å². The van der Waals surface area contributed by atoms with E-state index in [2.05, 4.69) is 4.74 Å². The van der Waals surface area contributed by atoms with Crippen LogP contribution in [0.25, 0.3) is 0 Å². The Balaban J connectivity index is 3.43. The lowest BCUT2D eigenvalue weighted by Gasteiger charge is -2.20. The minimum absolute atomic E-state index is 0.198. The number of carbonyl (C=O) groups excluding carboxylic acids is 2. The molecular formula is C13H15NO6. The lowest BCUT2D eigenvalue weighted by atomic mass is 10.0. The summed E-state index contributed by atoms with van der Waals surface area (Å²) in [5.74, 6) is -1.78. The summed E-state index contributed by atoms with van der Waals surface area (Å²) < 4.78 is 9.62. The number of carbonyl (C=O) groups is 2. The molecule has 1 aromatic rings. The van der Waals surface area contributed by atoms with Gasteiger partial charge in [0.15, 0.2) is 5.56 Å². The van der Waals surface area contributed by atoms with Gasteiger partial charge in [-0.25, -0.2) is 9.59 Å². The van der Waals surface area contributed by atoms with Crippen LogP contribution in [-0.2, 0) is 9.47 Å². The number of nitro groups is 1. The summed E-state index contributed by atoms with van der Waals surface area (Å²) in [4.78, 5) is 34.0. The van der Waals surface area contributed by atoms with Crippen LogP contribution in [0.2, 0.25) is 0 Å². The van der Waals surface area contributed by atoms with Gasteiger partial charge < -0.3 is 9.47 Å². The molecule has 0 aliphatic heterocycles. The smallest absolute Gasteiger partial charge is 0.346 e. The van der Waals surface area contributed by atoms with Gasteiger partial charge in [-0.3, -0.25) is 10.1 Å². The monoisotopic (exact) mass is 281 g/mol. The second-order valence-electron chi connectivity index (χ2n) is 4.95. The number of rotatable bonds is 3. The van der Waals surface area contributed by atoms with Gasteiger partial charge in [-0.05, 0) is 26.8 Å². The predicted molar refractivity (Wildman–Crippen MR) is 69.6 cm³/mol. The molecule has 0 spiro atoms. The molecule has 1 rings (SSSR count). The molecule has 0 unspecified atom stereocenters. The van der Waals surface area contributed by atoms with Crippen LogP contribution in [0.1, 0.15) is 41.5 Å². The normalized spacial score (nSPS) is 10.8. The van der Waals surface area contributed by atoms with E-state index in [9.17, 15) is 19.7 Å². The molecule has 0 saturated carbocycles. The molecule has 0 aliphatic carbocycles. The summed E-state index contributed by atoms with van der Waals surface area (Å²) in [6.45, 7) is 4.87. The Morgan fingerprint density at radius 1 is 1.20 bits per heavy atom. The zero-order valence-electron chi connectivity index (χ0n) is 11.6. The zero-order chi connectivity index (χ0) is 15.5. The molecule has 7 heteroatoms. The largest absolute Gasteiger partial charge is 0.465 e. The Morgan fingerprint density at radius 3 is 2.25 bits per heavy atom. The first-order valence-corrected chi connectivity index (χ1v) is 5.76. The van der Waals surface area contributed by atoms with E-state index in [1.807, 2.05) is 0 Å². The molecule has 0 radical (unpaired) electrons. The van der Waals surface area contributed by atoms with Crippen molar-refractivity contribution in [3.63, 3.8) is 0 Å². The first-order chi connectivity index (χ1) is 9.17.